The van der Waals surface area contributed by atoms with Crippen LogP contribution in [0.2, 0.25) is 0 Å². The molecule has 1 aromatic heterocycles. The van der Waals surface area contributed by atoms with E-state index >= 15 is 0 Å². The number of rotatable bonds is 9. The molecule has 0 aliphatic rings. The van der Waals surface area contributed by atoms with Gasteiger partial charge in [-0.05, 0) is 19.1 Å². The molecule has 0 saturated heterocycles. The molecule has 1 heterocycles. The van der Waals surface area contributed by atoms with Crippen LogP contribution in [0.1, 0.15) is 5.56 Å². The molecule has 0 unspecified atom stereocenters. The van der Waals surface area contributed by atoms with Crippen molar-refractivity contribution in [3.8, 4) is 0 Å². The van der Waals surface area contributed by atoms with Crippen LogP contribution >= 0.6 is 23.1 Å². The van der Waals surface area contributed by atoms with Gasteiger partial charge in [0.15, 0.2) is 4.34 Å². The molecule has 0 saturated carbocycles. The number of benzene rings is 1. The lowest BCUT2D eigenvalue weighted by Gasteiger charge is -2.16. The van der Waals surface area contributed by atoms with Gasteiger partial charge in [0, 0.05) is 19.3 Å². The van der Waals surface area contributed by atoms with E-state index in [0.717, 1.165) is 5.56 Å². The fourth-order valence-corrected chi connectivity index (χ4v) is 3.57. The van der Waals surface area contributed by atoms with Crippen LogP contribution in [0.4, 0.5) is 10.8 Å². The van der Waals surface area contributed by atoms with Crippen molar-refractivity contribution < 1.29 is 9.59 Å². The first-order valence-corrected chi connectivity index (χ1v) is 9.69. The molecule has 9 heteroatoms. The van der Waals surface area contributed by atoms with Gasteiger partial charge in [-0.1, -0.05) is 46.9 Å². The second kappa shape index (κ2) is 9.93. The highest BCUT2D eigenvalue weighted by Crippen LogP contribution is 2.25. The lowest BCUT2D eigenvalue weighted by atomic mass is 10.2. The van der Waals surface area contributed by atoms with E-state index in [-0.39, 0.29) is 24.1 Å². The molecular formula is C17H21N5O2S2. The van der Waals surface area contributed by atoms with Crippen molar-refractivity contribution in [3.05, 3.63) is 42.5 Å². The molecule has 2 rings (SSSR count). The maximum absolute atomic E-state index is 12.2. The molecule has 0 aliphatic heterocycles. The average Bonchev–Trinajstić information content (AvgIpc) is 3.07. The molecule has 0 radical (unpaired) electrons. The van der Waals surface area contributed by atoms with Crippen LogP contribution in [-0.4, -0.2) is 52.8 Å². The molecule has 0 atom stereocenters. The highest BCUT2D eigenvalue weighted by Gasteiger charge is 2.15. The molecule has 26 heavy (non-hydrogen) atoms. The minimum atomic E-state index is -0.235. The minimum absolute atomic E-state index is 0.00444. The molecule has 0 bridgehead atoms. The zero-order valence-corrected chi connectivity index (χ0v) is 16.3. The number of carbonyl (C=O) groups excluding carboxylic acids is 2. The third kappa shape index (κ3) is 6.49. The second-order valence-corrected chi connectivity index (χ2v) is 7.70. The van der Waals surface area contributed by atoms with E-state index in [1.807, 2.05) is 31.2 Å². The Hall–Kier alpha value is -2.39. The number of amides is 2. The fraction of sp³-hybridized carbons (Fsp3) is 0.294. The van der Waals surface area contributed by atoms with Gasteiger partial charge in [0.25, 0.3) is 0 Å². The van der Waals surface area contributed by atoms with E-state index in [0.29, 0.717) is 21.7 Å². The van der Waals surface area contributed by atoms with E-state index < -0.39 is 0 Å². The number of anilines is 2. The van der Waals surface area contributed by atoms with Gasteiger partial charge in [-0.3, -0.25) is 9.59 Å². The number of hydrogen-bond donors (Lipinski definition) is 2. The summed E-state index contributed by atoms with van der Waals surface area (Å²) < 4.78 is 0.697. The highest BCUT2D eigenvalue weighted by molar-refractivity contribution is 8.01. The first kappa shape index (κ1) is 19.9. The quantitative estimate of drug-likeness (QED) is 0.505. The van der Waals surface area contributed by atoms with E-state index in [1.165, 1.54) is 28.0 Å². The van der Waals surface area contributed by atoms with Crippen LogP contribution in [0, 0.1) is 6.92 Å². The van der Waals surface area contributed by atoms with Crippen molar-refractivity contribution in [1.29, 1.82) is 0 Å². The standard InChI is InChI=1S/C17H21N5O2S2/c1-4-9-18-16-20-21-17(26-16)25-11-15(24)22(3)10-14(23)19-13-7-5-12(2)6-8-13/h4-8H,1,9-11H2,2-3H3,(H,18,20)(H,19,23). The van der Waals surface area contributed by atoms with Crippen LogP contribution in [0.5, 0.6) is 0 Å². The zero-order valence-electron chi connectivity index (χ0n) is 14.7. The maximum Gasteiger partial charge on any atom is 0.243 e. The van der Waals surface area contributed by atoms with Gasteiger partial charge < -0.3 is 15.5 Å². The van der Waals surface area contributed by atoms with Crippen LogP contribution < -0.4 is 10.6 Å². The lowest BCUT2D eigenvalue weighted by Crippen LogP contribution is -2.35. The van der Waals surface area contributed by atoms with Crippen LogP contribution in [0.25, 0.3) is 0 Å². The maximum atomic E-state index is 12.2. The zero-order chi connectivity index (χ0) is 18.9. The molecule has 1 aromatic carbocycles. The first-order valence-electron chi connectivity index (χ1n) is 7.89. The van der Waals surface area contributed by atoms with E-state index in [1.54, 1.807) is 13.1 Å². The first-order chi connectivity index (χ1) is 12.5. The third-order valence-corrected chi connectivity index (χ3v) is 5.26. The summed E-state index contributed by atoms with van der Waals surface area (Å²) in [5, 5.41) is 14.5. The Labute approximate surface area is 160 Å². The van der Waals surface area contributed by atoms with Gasteiger partial charge in [-0.15, -0.1) is 16.8 Å². The Bertz CT molecular complexity index is 761. The van der Waals surface area contributed by atoms with Gasteiger partial charge in [-0.25, -0.2) is 0 Å². The summed E-state index contributed by atoms with van der Waals surface area (Å²) >= 11 is 2.68. The summed E-state index contributed by atoms with van der Waals surface area (Å²) in [6.07, 6.45) is 1.73. The van der Waals surface area contributed by atoms with Crippen molar-refractivity contribution >= 4 is 45.7 Å². The van der Waals surface area contributed by atoms with Crippen molar-refractivity contribution in [3.63, 3.8) is 0 Å². The summed E-state index contributed by atoms with van der Waals surface area (Å²) in [6.45, 7) is 6.20. The smallest absolute Gasteiger partial charge is 0.243 e. The van der Waals surface area contributed by atoms with E-state index in [2.05, 4.69) is 27.4 Å². The van der Waals surface area contributed by atoms with Crippen molar-refractivity contribution in [2.75, 3.05) is 36.5 Å². The van der Waals surface area contributed by atoms with Gasteiger partial charge in [-0.2, -0.15) is 0 Å². The van der Waals surface area contributed by atoms with Gasteiger partial charge in [0.2, 0.25) is 16.9 Å². The largest absolute Gasteiger partial charge is 0.357 e. The number of thioether (sulfide) groups is 1. The number of nitrogens with zero attached hydrogens (tertiary/aromatic N) is 3. The minimum Gasteiger partial charge on any atom is -0.357 e. The number of carbonyl (C=O) groups is 2. The van der Waals surface area contributed by atoms with Crippen molar-refractivity contribution in [2.45, 2.75) is 11.3 Å². The molecule has 138 valence electrons. The van der Waals surface area contributed by atoms with Gasteiger partial charge >= 0.3 is 0 Å². The summed E-state index contributed by atoms with van der Waals surface area (Å²) in [7, 11) is 1.61. The molecule has 0 aliphatic carbocycles. The van der Waals surface area contributed by atoms with Gasteiger partial charge in [0.1, 0.15) is 0 Å². The fourth-order valence-electron chi connectivity index (χ4n) is 1.87. The van der Waals surface area contributed by atoms with E-state index in [4.69, 9.17) is 0 Å². The Morgan fingerprint density at radius 1 is 1.31 bits per heavy atom. The monoisotopic (exact) mass is 391 g/mol. The molecule has 0 spiro atoms. The Morgan fingerprint density at radius 2 is 2.04 bits per heavy atom. The summed E-state index contributed by atoms with van der Waals surface area (Å²) in [4.78, 5) is 25.6. The topological polar surface area (TPSA) is 87.2 Å². The third-order valence-electron chi connectivity index (χ3n) is 3.27. The van der Waals surface area contributed by atoms with Crippen molar-refractivity contribution in [2.24, 2.45) is 0 Å². The Balaban J connectivity index is 1.76. The molecular weight excluding hydrogens is 370 g/mol. The predicted molar refractivity (Wildman–Crippen MR) is 107 cm³/mol. The Kier molecular flexibility index (Phi) is 7.61. The SMILES string of the molecule is C=CCNc1nnc(SCC(=O)N(C)CC(=O)Nc2ccc(C)cc2)s1. The van der Waals surface area contributed by atoms with Crippen LogP contribution in [0.15, 0.2) is 41.3 Å². The molecule has 2 aromatic rings. The highest BCUT2D eigenvalue weighted by atomic mass is 32.2. The number of likely N-dealkylation sites (N-methyl/N-ethyl adjacent to an activating group) is 1. The normalized spacial score (nSPS) is 10.2. The van der Waals surface area contributed by atoms with Crippen LogP contribution in [-0.2, 0) is 9.59 Å². The molecule has 2 N–H and O–H groups in total. The predicted octanol–water partition coefficient (Wildman–Crippen LogP) is 2.63. The number of aryl methyl sites for hydroxylation is 1. The lowest BCUT2D eigenvalue weighted by molar-refractivity contribution is -0.131. The summed E-state index contributed by atoms with van der Waals surface area (Å²) in [6, 6.07) is 7.50. The molecule has 0 fully saturated rings. The second-order valence-electron chi connectivity index (χ2n) is 5.50. The summed E-state index contributed by atoms with van der Waals surface area (Å²) in [5.41, 5.74) is 1.83. The average molecular weight is 392 g/mol. The summed E-state index contributed by atoms with van der Waals surface area (Å²) in [5.74, 6) is -0.184. The van der Waals surface area contributed by atoms with E-state index in [9.17, 15) is 9.59 Å². The number of aromatic nitrogens is 2. The van der Waals surface area contributed by atoms with Gasteiger partial charge in [0.05, 0.1) is 12.3 Å². The van der Waals surface area contributed by atoms with Crippen molar-refractivity contribution in [1.82, 2.24) is 15.1 Å². The van der Waals surface area contributed by atoms with Crippen LogP contribution in [0.3, 0.4) is 0 Å². The molecule has 2 amide bonds. The Morgan fingerprint density at radius 3 is 2.73 bits per heavy atom. The number of hydrogen-bond acceptors (Lipinski definition) is 7. The number of nitrogens with one attached hydrogen (secondary N) is 2. The molecule has 7 nitrogen and oxygen atoms in total.